The normalized spacial score (nSPS) is 10.4. The van der Waals surface area contributed by atoms with Crippen LogP contribution >= 0.6 is 0 Å². The van der Waals surface area contributed by atoms with E-state index in [9.17, 15) is 4.39 Å². The lowest BCUT2D eigenvalue weighted by Gasteiger charge is -2.04. The fourth-order valence-corrected chi connectivity index (χ4v) is 1.55. The van der Waals surface area contributed by atoms with Gasteiger partial charge < -0.3 is 10.5 Å². The summed E-state index contributed by atoms with van der Waals surface area (Å²) in [6, 6.07) is 4.63. The van der Waals surface area contributed by atoms with E-state index in [2.05, 4.69) is 5.10 Å². The van der Waals surface area contributed by atoms with Crippen LogP contribution in [0.2, 0.25) is 0 Å². The molecule has 0 aliphatic carbocycles. The van der Waals surface area contributed by atoms with E-state index in [1.807, 2.05) is 0 Å². The summed E-state index contributed by atoms with van der Waals surface area (Å²) in [5.74, 6) is 0.411. The SMILES string of the molecule is COc1ccc(-c2cn(C)nc2N)c(F)c1. The molecule has 1 aromatic heterocycles. The molecule has 4 nitrogen and oxygen atoms in total. The molecule has 0 amide bonds. The quantitative estimate of drug-likeness (QED) is 0.841. The van der Waals surface area contributed by atoms with Crippen LogP contribution in [0.4, 0.5) is 10.2 Å². The summed E-state index contributed by atoms with van der Waals surface area (Å²) < 4.78 is 20.2. The summed E-state index contributed by atoms with van der Waals surface area (Å²) in [5, 5.41) is 3.97. The molecular formula is C11H12FN3O. The molecule has 0 saturated heterocycles. The Hall–Kier alpha value is -2.04. The number of hydrogen-bond acceptors (Lipinski definition) is 3. The topological polar surface area (TPSA) is 53.1 Å². The standard InChI is InChI=1S/C11H12FN3O/c1-15-6-9(11(13)14-15)8-4-3-7(16-2)5-10(8)12/h3-6H,1-2H3,(H2,13,14). The maximum absolute atomic E-state index is 13.7. The molecule has 0 unspecified atom stereocenters. The van der Waals surface area contributed by atoms with Crippen LogP contribution in [0.15, 0.2) is 24.4 Å². The molecule has 0 saturated carbocycles. The predicted molar refractivity (Wildman–Crippen MR) is 59.6 cm³/mol. The van der Waals surface area contributed by atoms with E-state index >= 15 is 0 Å². The fraction of sp³-hybridized carbons (Fsp3) is 0.182. The van der Waals surface area contributed by atoms with E-state index in [1.165, 1.54) is 13.2 Å². The Balaban J connectivity index is 2.52. The number of hydrogen-bond donors (Lipinski definition) is 1. The number of aryl methyl sites for hydroxylation is 1. The van der Waals surface area contributed by atoms with Crippen LogP contribution in [0.5, 0.6) is 5.75 Å². The molecule has 16 heavy (non-hydrogen) atoms. The number of nitrogens with two attached hydrogens (primary N) is 1. The highest BCUT2D eigenvalue weighted by Crippen LogP contribution is 2.29. The van der Waals surface area contributed by atoms with Crippen LogP contribution in [0.25, 0.3) is 11.1 Å². The van der Waals surface area contributed by atoms with Crippen LogP contribution in [0.3, 0.4) is 0 Å². The van der Waals surface area contributed by atoms with Gasteiger partial charge >= 0.3 is 0 Å². The number of halogens is 1. The summed E-state index contributed by atoms with van der Waals surface area (Å²) in [4.78, 5) is 0. The number of benzene rings is 1. The summed E-state index contributed by atoms with van der Waals surface area (Å²) in [5.41, 5.74) is 6.69. The second-order valence-corrected chi connectivity index (χ2v) is 3.45. The van der Waals surface area contributed by atoms with Crippen molar-refractivity contribution in [1.29, 1.82) is 0 Å². The maximum Gasteiger partial charge on any atom is 0.153 e. The minimum absolute atomic E-state index is 0.312. The van der Waals surface area contributed by atoms with E-state index in [0.29, 0.717) is 22.7 Å². The van der Waals surface area contributed by atoms with Crippen molar-refractivity contribution in [2.45, 2.75) is 0 Å². The van der Waals surface area contributed by atoms with E-state index < -0.39 is 0 Å². The van der Waals surface area contributed by atoms with Gasteiger partial charge in [-0.2, -0.15) is 5.10 Å². The smallest absolute Gasteiger partial charge is 0.153 e. The van der Waals surface area contributed by atoms with Crippen LogP contribution in [0, 0.1) is 5.82 Å². The van der Waals surface area contributed by atoms with Crippen LogP contribution in [-0.4, -0.2) is 16.9 Å². The molecule has 0 atom stereocenters. The second-order valence-electron chi connectivity index (χ2n) is 3.45. The predicted octanol–water partition coefficient (Wildman–Crippen LogP) is 1.82. The van der Waals surface area contributed by atoms with Crippen LogP contribution < -0.4 is 10.5 Å². The Bertz CT molecular complexity index is 522. The van der Waals surface area contributed by atoms with Crippen molar-refractivity contribution < 1.29 is 9.13 Å². The third kappa shape index (κ3) is 1.71. The molecule has 1 aromatic carbocycles. The largest absolute Gasteiger partial charge is 0.497 e. The van der Waals surface area contributed by atoms with Gasteiger partial charge in [0.1, 0.15) is 11.6 Å². The summed E-state index contributed by atoms with van der Waals surface area (Å²) in [7, 11) is 3.23. The van der Waals surface area contributed by atoms with Crippen LogP contribution in [-0.2, 0) is 7.05 Å². The van der Waals surface area contributed by atoms with Crippen LogP contribution in [0.1, 0.15) is 0 Å². The average Bonchev–Trinajstić information content (AvgIpc) is 2.57. The first-order valence-corrected chi connectivity index (χ1v) is 4.75. The third-order valence-electron chi connectivity index (χ3n) is 2.32. The molecule has 0 aliphatic rings. The Kier molecular flexibility index (Phi) is 2.52. The van der Waals surface area contributed by atoms with Gasteiger partial charge in [-0.1, -0.05) is 0 Å². The summed E-state index contributed by atoms with van der Waals surface area (Å²) in [6.45, 7) is 0. The van der Waals surface area contributed by atoms with Crippen molar-refractivity contribution in [3.05, 3.63) is 30.2 Å². The molecule has 0 spiro atoms. The zero-order chi connectivity index (χ0) is 11.7. The zero-order valence-corrected chi connectivity index (χ0v) is 9.07. The van der Waals surface area contributed by atoms with E-state index in [4.69, 9.17) is 10.5 Å². The Morgan fingerprint density at radius 1 is 1.38 bits per heavy atom. The Labute approximate surface area is 92.4 Å². The Morgan fingerprint density at radius 3 is 2.62 bits per heavy atom. The number of aromatic nitrogens is 2. The molecule has 2 rings (SSSR count). The van der Waals surface area contributed by atoms with Crippen molar-refractivity contribution >= 4 is 5.82 Å². The highest BCUT2D eigenvalue weighted by molar-refractivity contribution is 5.74. The molecule has 84 valence electrons. The molecule has 5 heteroatoms. The molecule has 2 N–H and O–H groups in total. The number of anilines is 1. The van der Waals surface area contributed by atoms with Gasteiger partial charge in [-0.05, 0) is 12.1 Å². The summed E-state index contributed by atoms with van der Waals surface area (Å²) >= 11 is 0. The van der Waals surface area contributed by atoms with Crippen molar-refractivity contribution in [3.63, 3.8) is 0 Å². The first-order valence-electron chi connectivity index (χ1n) is 4.75. The Morgan fingerprint density at radius 2 is 2.12 bits per heavy atom. The molecular weight excluding hydrogens is 209 g/mol. The summed E-state index contributed by atoms with van der Waals surface area (Å²) in [6.07, 6.45) is 1.68. The highest BCUT2D eigenvalue weighted by atomic mass is 19.1. The van der Waals surface area contributed by atoms with Crippen molar-refractivity contribution in [2.24, 2.45) is 7.05 Å². The van der Waals surface area contributed by atoms with Gasteiger partial charge in [-0.25, -0.2) is 4.39 Å². The molecule has 0 fully saturated rings. The highest BCUT2D eigenvalue weighted by Gasteiger charge is 2.12. The molecule has 0 bridgehead atoms. The molecule has 0 aliphatic heterocycles. The van der Waals surface area contributed by atoms with E-state index in [-0.39, 0.29) is 5.82 Å². The minimum Gasteiger partial charge on any atom is -0.497 e. The molecule has 0 radical (unpaired) electrons. The number of rotatable bonds is 2. The van der Waals surface area contributed by atoms with Gasteiger partial charge in [0.2, 0.25) is 0 Å². The van der Waals surface area contributed by atoms with Gasteiger partial charge in [0.25, 0.3) is 0 Å². The van der Waals surface area contributed by atoms with Gasteiger partial charge in [0, 0.05) is 30.4 Å². The zero-order valence-electron chi connectivity index (χ0n) is 9.07. The number of nitrogen functional groups attached to an aromatic ring is 1. The van der Waals surface area contributed by atoms with Gasteiger partial charge in [-0.15, -0.1) is 0 Å². The number of ether oxygens (including phenoxy) is 1. The van der Waals surface area contributed by atoms with Crippen molar-refractivity contribution in [3.8, 4) is 16.9 Å². The minimum atomic E-state index is -0.376. The first kappa shape index (κ1) is 10.5. The lowest BCUT2D eigenvalue weighted by molar-refractivity contribution is 0.411. The monoisotopic (exact) mass is 221 g/mol. The molecule has 1 heterocycles. The van der Waals surface area contributed by atoms with E-state index in [0.717, 1.165) is 0 Å². The maximum atomic E-state index is 13.7. The van der Waals surface area contributed by atoms with Gasteiger partial charge in [0.05, 0.1) is 7.11 Å². The number of nitrogens with zero attached hydrogens (tertiary/aromatic N) is 2. The first-order chi connectivity index (χ1) is 7.61. The van der Waals surface area contributed by atoms with Crippen molar-refractivity contribution in [2.75, 3.05) is 12.8 Å². The van der Waals surface area contributed by atoms with Gasteiger partial charge in [-0.3, -0.25) is 4.68 Å². The molecule has 2 aromatic rings. The third-order valence-corrected chi connectivity index (χ3v) is 2.32. The van der Waals surface area contributed by atoms with E-state index in [1.54, 1.807) is 30.1 Å². The van der Waals surface area contributed by atoms with Gasteiger partial charge in [0.15, 0.2) is 5.82 Å². The fourth-order valence-electron chi connectivity index (χ4n) is 1.55. The lowest BCUT2D eigenvalue weighted by atomic mass is 10.1. The number of methoxy groups -OCH3 is 1. The lowest BCUT2D eigenvalue weighted by Crippen LogP contribution is -1.92. The van der Waals surface area contributed by atoms with Crippen molar-refractivity contribution in [1.82, 2.24) is 9.78 Å². The second kappa shape index (κ2) is 3.84. The average molecular weight is 221 g/mol.